The van der Waals surface area contributed by atoms with Crippen molar-refractivity contribution in [2.45, 2.75) is 37.3 Å². The third-order valence-electron chi connectivity index (χ3n) is 4.61. The Morgan fingerprint density at radius 2 is 2.24 bits per heavy atom. The van der Waals surface area contributed by atoms with Crippen molar-refractivity contribution in [2.75, 3.05) is 13.7 Å². The number of alkyl halides is 1. The Hall–Kier alpha value is -1.26. The Bertz CT molecular complexity index is 666. The molecule has 1 aromatic heterocycles. The largest absolute Gasteiger partial charge is 0.497 e. The van der Waals surface area contributed by atoms with Crippen molar-refractivity contribution in [3.05, 3.63) is 24.0 Å². The van der Waals surface area contributed by atoms with Crippen LogP contribution in [0.3, 0.4) is 0 Å². The Labute approximate surface area is 129 Å². The molecular formula is C16H19ClN2O2. The van der Waals surface area contributed by atoms with Gasteiger partial charge >= 0.3 is 0 Å². The monoisotopic (exact) mass is 306 g/mol. The predicted molar refractivity (Wildman–Crippen MR) is 82.0 cm³/mol. The van der Waals surface area contributed by atoms with E-state index in [1.807, 2.05) is 12.1 Å². The molecular weight excluding hydrogens is 288 g/mol. The van der Waals surface area contributed by atoms with E-state index in [0.717, 1.165) is 35.6 Å². The van der Waals surface area contributed by atoms with Crippen molar-refractivity contribution >= 4 is 22.6 Å². The summed E-state index contributed by atoms with van der Waals surface area (Å²) in [6, 6.07) is 6.35. The molecule has 4 rings (SSSR count). The van der Waals surface area contributed by atoms with Crippen LogP contribution in [0.5, 0.6) is 5.75 Å². The lowest BCUT2D eigenvalue weighted by molar-refractivity contribution is 0.0754. The summed E-state index contributed by atoms with van der Waals surface area (Å²) in [5, 5.41) is 0. The van der Waals surface area contributed by atoms with Gasteiger partial charge < -0.3 is 14.0 Å². The number of fused-ring (bicyclic) bond motifs is 1. The topological polar surface area (TPSA) is 36.3 Å². The van der Waals surface area contributed by atoms with E-state index in [0.29, 0.717) is 23.9 Å². The van der Waals surface area contributed by atoms with Crippen molar-refractivity contribution in [1.29, 1.82) is 0 Å². The number of nitrogens with zero attached hydrogens (tertiary/aromatic N) is 2. The minimum absolute atomic E-state index is 0.315. The normalized spacial score (nSPS) is 25.6. The molecule has 0 bridgehead atoms. The highest BCUT2D eigenvalue weighted by molar-refractivity contribution is 6.16. The maximum Gasteiger partial charge on any atom is 0.125 e. The van der Waals surface area contributed by atoms with Crippen LogP contribution in [0.4, 0.5) is 0 Å². The molecule has 0 radical (unpaired) electrons. The summed E-state index contributed by atoms with van der Waals surface area (Å²) in [4.78, 5) is 4.69. The highest BCUT2D eigenvalue weighted by Crippen LogP contribution is 2.44. The molecule has 2 atom stereocenters. The van der Waals surface area contributed by atoms with Crippen LogP contribution in [-0.4, -0.2) is 29.4 Å². The van der Waals surface area contributed by atoms with E-state index in [4.69, 9.17) is 21.1 Å². The molecule has 5 heteroatoms. The third kappa shape index (κ3) is 2.21. The Balaban J connectivity index is 1.84. The van der Waals surface area contributed by atoms with Crippen LogP contribution >= 0.6 is 11.6 Å². The summed E-state index contributed by atoms with van der Waals surface area (Å²) in [6.45, 7) is 0.831. The number of benzene rings is 1. The van der Waals surface area contributed by atoms with E-state index in [9.17, 15) is 0 Å². The molecule has 2 unspecified atom stereocenters. The zero-order chi connectivity index (χ0) is 14.4. The van der Waals surface area contributed by atoms with Crippen molar-refractivity contribution < 1.29 is 9.47 Å². The lowest BCUT2D eigenvalue weighted by atomic mass is 10.1. The molecule has 1 aliphatic carbocycles. The zero-order valence-corrected chi connectivity index (χ0v) is 12.8. The fraction of sp³-hybridized carbons (Fsp3) is 0.562. The number of methoxy groups -OCH3 is 1. The van der Waals surface area contributed by atoms with Gasteiger partial charge in [0.25, 0.3) is 0 Å². The number of imidazole rings is 1. The van der Waals surface area contributed by atoms with Crippen molar-refractivity contribution in [2.24, 2.45) is 5.92 Å². The van der Waals surface area contributed by atoms with Gasteiger partial charge in [-0.1, -0.05) is 0 Å². The summed E-state index contributed by atoms with van der Waals surface area (Å²) >= 11 is 6.14. The molecule has 4 nitrogen and oxygen atoms in total. The molecule has 0 amide bonds. The van der Waals surface area contributed by atoms with Crippen LogP contribution in [-0.2, 0) is 10.6 Å². The molecule has 2 heterocycles. The predicted octanol–water partition coefficient (Wildman–Crippen LogP) is 3.52. The van der Waals surface area contributed by atoms with Crippen molar-refractivity contribution in [3.63, 3.8) is 0 Å². The van der Waals surface area contributed by atoms with Gasteiger partial charge in [0.1, 0.15) is 11.6 Å². The van der Waals surface area contributed by atoms with Crippen LogP contribution in [0.2, 0.25) is 0 Å². The second-order valence-corrected chi connectivity index (χ2v) is 6.18. The van der Waals surface area contributed by atoms with Gasteiger partial charge in [-0.15, -0.1) is 11.6 Å². The van der Waals surface area contributed by atoms with Crippen LogP contribution in [0.1, 0.15) is 31.1 Å². The van der Waals surface area contributed by atoms with Crippen LogP contribution < -0.4 is 4.74 Å². The molecule has 21 heavy (non-hydrogen) atoms. The van der Waals surface area contributed by atoms with E-state index >= 15 is 0 Å². The molecule has 0 spiro atoms. The molecule has 1 saturated carbocycles. The third-order valence-corrected chi connectivity index (χ3v) is 4.85. The first-order valence-electron chi connectivity index (χ1n) is 7.54. The molecule has 2 aromatic rings. The lowest BCUT2D eigenvalue weighted by Crippen LogP contribution is -2.23. The van der Waals surface area contributed by atoms with Crippen LogP contribution in [0.25, 0.3) is 11.0 Å². The highest BCUT2D eigenvalue weighted by atomic mass is 35.5. The first kappa shape index (κ1) is 13.4. The quantitative estimate of drug-likeness (QED) is 0.811. The molecule has 1 aromatic carbocycles. The molecule has 1 aliphatic heterocycles. The van der Waals surface area contributed by atoms with Gasteiger partial charge in [-0.3, -0.25) is 0 Å². The summed E-state index contributed by atoms with van der Waals surface area (Å²) in [5.41, 5.74) is 2.08. The average molecular weight is 307 g/mol. The number of hydrogen-bond donors (Lipinski definition) is 0. The summed E-state index contributed by atoms with van der Waals surface area (Å²) in [6.07, 6.45) is 3.92. The van der Waals surface area contributed by atoms with E-state index in [-0.39, 0.29) is 0 Å². The van der Waals surface area contributed by atoms with Crippen molar-refractivity contribution in [1.82, 2.24) is 9.55 Å². The number of hydrogen-bond acceptors (Lipinski definition) is 3. The first-order valence-corrected chi connectivity index (χ1v) is 8.07. The van der Waals surface area contributed by atoms with Gasteiger partial charge in [0.05, 0.1) is 36.2 Å². The van der Waals surface area contributed by atoms with Gasteiger partial charge in [-0.2, -0.15) is 0 Å². The van der Waals surface area contributed by atoms with E-state index in [2.05, 4.69) is 15.6 Å². The standard InChI is InChI=1S/C16H19ClN2O2/c1-20-11-4-5-12-14(8-11)19(15(9-17)18-12)13-6-7-21-16(13)10-2-3-10/h4-5,8,10,13,16H,2-3,6-7,9H2,1H3. The maximum atomic E-state index is 6.14. The molecule has 2 aliphatic rings. The summed E-state index contributed by atoms with van der Waals surface area (Å²) < 4.78 is 13.7. The van der Waals surface area contributed by atoms with Crippen molar-refractivity contribution in [3.8, 4) is 5.75 Å². The Kier molecular flexibility index (Phi) is 3.31. The maximum absolute atomic E-state index is 6.14. The first-order chi connectivity index (χ1) is 10.3. The van der Waals surface area contributed by atoms with E-state index in [1.165, 1.54) is 12.8 Å². The number of aromatic nitrogens is 2. The Morgan fingerprint density at radius 1 is 1.38 bits per heavy atom. The number of halogens is 1. The van der Waals surface area contributed by atoms with E-state index < -0.39 is 0 Å². The Morgan fingerprint density at radius 3 is 2.95 bits per heavy atom. The van der Waals surface area contributed by atoms with Gasteiger partial charge in [0.2, 0.25) is 0 Å². The SMILES string of the molecule is COc1ccc2nc(CCl)n(C3CCOC3C3CC3)c2c1. The van der Waals surface area contributed by atoms with Gasteiger partial charge in [-0.05, 0) is 37.3 Å². The fourth-order valence-electron chi connectivity index (χ4n) is 3.47. The van der Waals surface area contributed by atoms with Gasteiger partial charge in [0, 0.05) is 12.7 Å². The highest BCUT2D eigenvalue weighted by Gasteiger charge is 2.42. The molecule has 112 valence electrons. The van der Waals surface area contributed by atoms with Gasteiger partial charge in [-0.25, -0.2) is 4.98 Å². The van der Waals surface area contributed by atoms with E-state index in [1.54, 1.807) is 7.11 Å². The number of ether oxygens (including phenoxy) is 2. The second-order valence-electron chi connectivity index (χ2n) is 5.92. The second kappa shape index (κ2) is 5.18. The summed E-state index contributed by atoms with van der Waals surface area (Å²) in [7, 11) is 1.69. The minimum atomic E-state index is 0.315. The smallest absolute Gasteiger partial charge is 0.125 e. The van der Waals surface area contributed by atoms with Gasteiger partial charge in [0.15, 0.2) is 0 Å². The minimum Gasteiger partial charge on any atom is -0.497 e. The summed E-state index contributed by atoms with van der Waals surface area (Å²) in [5.74, 6) is 2.92. The van der Waals surface area contributed by atoms with Crippen LogP contribution in [0.15, 0.2) is 18.2 Å². The number of rotatable bonds is 4. The molecule has 2 fully saturated rings. The average Bonchev–Trinajstić information content (AvgIpc) is 3.13. The molecule has 1 saturated heterocycles. The fourth-order valence-corrected chi connectivity index (χ4v) is 3.65. The zero-order valence-electron chi connectivity index (χ0n) is 12.1. The van der Waals surface area contributed by atoms with Crippen LogP contribution in [0, 0.1) is 5.92 Å². The molecule has 0 N–H and O–H groups in total. The lowest BCUT2D eigenvalue weighted by Gasteiger charge is -2.22.